The summed E-state index contributed by atoms with van der Waals surface area (Å²) in [4.78, 5) is 10.7. The van der Waals surface area contributed by atoms with Crippen molar-refractivity contribution in [1.82, 2.24) is 0 Å². The average Bonchev–Trinajstić information content (AvgIpc) is 2.45. The van der Waals surface area contributed by atoms with E-state index in [9.17, 15) is 4.79 Å². The second-order valence-electron chi connectivity index (χ2n) is 4.09. The molecule has 1 atom stereocenters. The molecule has 74 valence electrons. The standard InChI is InChI=1S/C11H18O2/c1-9(2)5-3-4-6-10-7-11(12)13-8-10/h3-4,9-10H,5-8H2,1-2H3/b4-3-. The Balaban J connectivity index is 2.12. The minimum Gasteiger partial charge on any atom is -0.465 e. The second kappa shape index (κ2) is 5.05. The van der Waals surface area contributed by atoms with Crippen LogP contribution < -0.4 is 0 Å². The molecule has 0 aromatic carbocycles. The Bertz CT molecular complexity index is 194. The Hall–Kier alpha value is -0.790. The molecule has 1 aliphatic rings. The molecule has 0 amide bonds. The van der Waals surface area contributed by atoms with Crippen LogP contribution in [-0.4, -0.2) is 12.6 Å². The van der Waals surface area contributed by atoms with Gasteiger partial charge < -0.3 is 4.74 Å². The topological polar surface area (TPSA) is 26.3 Å². The van der Waals surface area contributed by atoms with Crippen LogP contribution in [0.1, 0.15) is 33.1 Å². The number of rotatable bonds is 4. The first-order valence-corrected chi connectivity index (χ1v) is 4.99. The van der Waals surface area contributed by atoms with E-state index in [4.69, 9.17) is 4.74 Å². The summed E-state index contributed by atoms with van der Waals surface area (Å²) in [6.07, 6.45) is 7.09. The van der Waals surface area contributed by atoms with Gasteiger partial charge in [0, 0.05) is 5.92 Å². The Morgan fingerprint density at radius 3 is 2.85 bits per heavy atom. The summed E-state index contributed by atoms with van der Waals surface area (Å²) in [5, 5.41) is 0. The third-order valence-electron chi connectivity index (χ3n) is 2.18. The molecular formula is C11H18O2. The molecular weight excluding hydrogens is 164 g/mol. The van der Waals surface area contributed by atoms with Crippen molar-refractivity contribution < 1.29 is 9.53 Å². The zero-order valence-corrected chi connectivity index (χ0v) is 8.45. The molecule has 0 bridgehead atoms. The van der Waals surface area contributed by atoms with E-state index in [1.165, 1.54) is 0 Å². The van der Waals surface area contributed by atoms with Crippen molar-refractivity contribution in [2.75, 3.05) is 6.61 Å². The molecule has 0 aromatic rings. The first-order chi connectivity index (χ1) is 6.18. The van der Waals surface area contributed by atoms with Crippen LogP contribution in [0.2, 0.25) is 0 Å². The number of ether oxygens (including phenoxy) is 1. The average molecular weight is 182 g/mol. The lowest BCUT2D eigenvalue weighted by molar-refractivity contribution is -0.137. The van der Waals surface area contributed by atoms with E-state index in [1.807, 2.05) is 0 Å². The highest BCUT2D eigenvalue weighted by molar-refractivity contribution is 5.71. The molecule has 0 aromatic heterocycles. The van der Waals surface area contributed by atoms with Gasteiger partial charge in [0.25, 0.3) is 0 Å². The van der Waals surface area contributed by atoms with Crippen molar-refractivity contribution in [1.29, 1.82) is 0 Å². The van der Waals surface area contributed by atoms with Crippen LogP contribution >= 0.6 is 0 Å². The van der Waals surface area contributed by atoms with Gasteiger partial charge in [0.1, 0.15) is 0 Å². The van der Waals surface area contributed by atoms with E-state index >= 15 is 0 Å². The molecule has 1 heterocycles. The maximum atomic E-state index is 10.7. The van der Waals surface area contributed by atoms with Gasteiger partial charge in [-0.05, 0) is 18.8 Å². The maximum absolute atomic E-state index is 10.7. The van der Waals surface area contributed by atoms with E-state index in [-0.39, 0.29) is 5.97 Å². The van der Waals surface area contributed by atoms with Gasteiger partial charge in [0.05, 0.1) is 13.0 Å². The number of hydrogen-bond acceptors (Lipinski definition) is 2. The molecule has 13 heavy (non-hydrogen) atoms. The predicted molar refractivity (Wildman–Crippen MR) is 52.3 cm³/mol. The summed E-state index contributed by atoms with van der Waals surface area (Å²) in [7, 11) is 0. The van der Waals surface area contributed by atoms with Gasteiger partial charge in [-0.2, -0.15) is 0 Å². The molecule has 0 aliphatic carbocycles. The number of allylic oxidation sites excluding steroid dienone is 2. The molecule has 0 radical (unpaired) electrons. The van der Waals surface area contributed by atoms with E-state index in [0.717, 1.165) is 18.8 Å². The fourth-order valence-electron chi connectivity index (χ4n) is 1.37. The summed E-state index contributed by atoms with van der Waals surface area (Å²) in [6.45, 7) is 5.02. The lowest BCUT2D eigenvalue weighted by Crippen LogP contribution is -1.96. The molecule has 0 spiro atoms. The van der Waals surface area contributed by atoms with Crippen LogP contribution in [0.3, 0.4) is 0 Å². The minimum atomic E-state index is -0.0396. The number of carbonyl (C=O) groups excluding carboxylic acids is 1. The highest BCUT2D eigenvalue weighted by Gasteiger charge is 2.21. The van der Waals surface area contributed by atoms with Gasteiger partial charge in [0.15, 0.2) is 0 Å². The number of carbonyl (C=O) groups is 1. The SMILES string of the molecule is CC(C)C/C=C\CC1COC(=O)C1. The van der Waals surface area contributed by atoms with Crippen molar-refractivity contribution in [3.8, 4) is 0 Å². The third kappa shape index (κ3) is 4.11. The largest absolute Gasteiger partial charge is 0.465 e. The van der Waals surface area contributed by atoms with Crippen LogP contribution in [-0.2, 0) is 9.53 Å². The van der Waals surface area contributed by atoms with Gasteiger partial charge in [-0.1, -0.05) is 26.0 Å². The zero-order valence-electron chi connectivity index (χ0n) is 8.45. The van der Waals surface area contributed by atoms with Crippen LogP contribution in [0.4, 0.5) is 0 Å². The Kier molecular flexibility index (Phi) is 4.00. The smallest absolute Gasteiger partial charge is 0.306 e. The van der Waals surface area contributed by atoms with Gasteiger partial charge in [-0.15, -0.1) is 0 Å². The molecule has 1 rings (SSSR count). The highest BCUT2D eigenvalue weighted by Crippen LogP contribution is 2.18. The lowest BCUT2D eigenvalue weighted by atomic mass is 10.0. The van der Waals surface area contributed by atoms with E-state index < -0.39 is 0 Å². The number of esters is 1. The monoisotopic (exact) mass is 182 g/mol. The predicted octanol–water partition coefficient (Wildman–Crippen LogP) is 2.54. The van der Waals surface area contributed by atoms with Crippen molar-refractivity contribution in [3.63, 3.8) is 0 Å². The number of hydrogen-bond donors (Lipinski definition) is 0. The lowest BCUT2D eigenvalue weighted by Gasteiger charge is -2.00. The number of cyclic esters (lactones) is 1. The first kappa shape index (κ1) is 10.3. The van der Waals surface area contributed by atoms with Gasteiger partial charge >= 0.3 is 5.97 Å². The summed E-state index contributed by atoms with van der Waals surface area (Å²) < 4.78 is 4.87. The summed E-state index contributed by atoms with van der Waals surface area (Å²) in [5.41, 5.74) is 0. The fourth-order valence-corrected chi connectivity index (χ4v) is 1.37. The zero-order chi connectivity index (χ0) is 9.68. The fraction of sp³-hybridized carbons (Fsp3) is 0.727. The summed E-state index contributed by atoms with van der Waals surface area (Å²) >= 11 is 0. The normalized spacial score (nSPS) is 23.0. The molecule has 0 saturated carbocycles. The quantitative estimate of drug-likeness (QED) is 0.493. The minimum absolute atomic E-state index is 0.0396. The highest BCUT2D eigenvalue weighted by atomic mass is 16.5. The molecule has 1 aliphatic heterocycles. The van der Waals surface area contributed by atoms with E-state index in [0.29, 0.717) is 18.9 Å². The van der Waals surface area contributed by atoms with E-state index in [1.54, 1.807) is 0 Å². The van der Waals surface area contributed by atoms with Gasteiger partial charge in [0.2, 0.25) is 0 Å². The van der Waals surface area contributed by atoms with Gasteiger partial charge in [-0.25, -0.2) is 0 Å². The molecule has 1 fully saturated rings. The van der Waals surface area contributed by atoms with Crippen LogP contribution in [0.15, 0.2) is 12.2 Å². The molecule has 1 saturated heterocycles. The molecule has 2 nitrogen and oxygen atoms in total. The van der Waals surface area contributed by atoms with Crippen LogP contribution in [0.5, 0.6) is 0 Å². The maximum Gasteiger partial charge on any atom is 0.306 e. The third-order valence-corrected chi connectivity index (χ3v) is 2.18. The Morgan fingerprint density at radius 2 is 2.31 bits per heavy atom. The summed E-state index contributed by atoms with van der Waals surface area (Å²) in [5.74, 6) is 1.11. The Labute approximate surface area is 80.0 Å². The van der Waals surface area contributed by atoms with E-state index in [2.05, 4.69) is 26.0 Å². The molecule has 1 unspecified atom stereocenters. The van der Waals surface area contributed by atoms with Gasteiger partial charge in [-0.3, -0.25) is 4.79 Å². The summed E-state index contributed by atoms with van der Waals surface area (Å²) in [6, 6.07) is 0. The van der Waals surface area contributed by atoms with Crippen LogP contribution in [0, 0.1) is 11.8 Å². The molecule has 2 heteroatoms. The van der Waals surface area contributed by atoms with Crippen molar-refractivity contribution >= 4 is 5.97 Å². The second-order valence-corrected chi connectivity index (χ2v) is 4.09. The molecule has 0 N–H and O–H groups in total. The van der Waals surface area contributed by atoms with Crippen LogP contribution in [0.25, 0.3) is 0 Å². The van der Waals surface area contributed by atoms with Crippen molar-refractivity contribution in [2.45, 2.75) is 33.1 Å². The van der Waals surface area contributed by atoms with Crippen molar-refractivity contribution in [3.05, 3.63) is 12.2 Å². The first-order valence-electron chi connectivity index (χ1n) is 4.99. The Morgan fingerprint density at radius 1 is 1.54 bits per heavy atom. The van der Waals surface area contributed by atoms with Crippen molar-refractivity contribution in [2.24, 2.45) is 11.8 Å².